The Hall–Kier alpha value is -1.79. The number of nitrogen functional groups attached to an aromatic ring is 1. The van der Waals surface area contributed by atoms with E-state index in [2.05, 4.69) is 39.3 Å². The monoisotopic (exact) mass is 344 g/mol. The highest BCUT2D eigenvalue weighted by Crippen LogP contribution is 2.43. The van der Waals surface area contributed by atoms with Crippen LogP contribution in [0.1, 0.15) is 30.7 Å². The van der Waals surface area contributed by atoms with Gasteiger partial charge in [0.05, 0.1) is 6.61 Å². The summed E-state index contributed by atoms with van der Waals surface area (Å²) in [4.78, 5) is 11.9. The third-order valence-electron chi connectivity index (χ3n) is 4.53. The minimum Gasteiger partial charge on any atom is -0.383 e. The predicted molar refractivity (Wildman–Crippen MR) is 100 cm³/mol. The Labute approximate surface area is 147 Å². The topological polar surface area (TPSA) is 64.3 Å². The second-order valence-corrected chi connectivity index (χ2v) is 6.85. The number of benzene rings is 1. The minimum atomic E-state index is 0.292. The molecule has 6 heteroatoms. The predicted octanol–water partition coefficient (Wildman–Crippen LogP) is 3.83. The summed E-state index contributed by atoms with van der Waals surface area (Å²) in [7, 11) is 1.72. The molecule has 128 valence electrons. The van der Waals surface area contributed by atoms with Gasteiger partial charge < -0.3 is 15.4 Å². The van der Waals surface area contributed by atoms with E-state index in [4.69, 9.17) is 10.5 Å². The highest BCUT2D eigenvalue weighted by molar-refractivity contribution is 7.98. The Morgan fingerprint density at radius 1 is 1.33 bits per heavy atom. The van der Waals surface area contributed by atoms with Crippen molar-refractivity contribution in [3.63, 3.8) is 0 Å². The van der Waals surface area contributed by atoms with Crippen molar-refractivity contribution in [2.75, 3.05) is 37.2 Å². The smallest absolute Gasteiger partial charge is 0.221 e. The molecule has 1 saturated carbocycles. The Balaban J connectivity index is 2.03. The molecule has 0 saturated heterocycles. The van der Waals surface area contributed by atoms with E-state index in [1.165, 1.54) is 35.4 Å². The fourth-order valence-corrected chi connectivity index (χ4v) is 3.46. The van der Waals surface area contributed by atoms with Crippen LogP contribution in [0.15, 0.2) is 35.4 Å². The number of thioether (sulfide) groups is 1. The van der Waals surface area contributed by atoms with E-state index in [-0.39, 0.29) is 0 Å². The van der Waals surface area contributed by atoms with Gasteiger partial charge >= 0.3 is 0 Å². The van der Waals surface area contributed by atoms with Crippen LogP contribution in [0, 0.1) is 0 Å². The lowest BCUT2D eigenvalue weighted by molar-refractivity contribution is 0.207. The van der Waals surface area contributed by atoms with Crippen molar-refractivity contribution >= 4 is 29.2 Å². The molecule has 0 amide bonds. The third-order valence-corrected chi connectivity index (χ3v) is 5.25. The molecule has 1 fully saturated rings. The summed E-state index contributed by atoms with van der Waals surface area (Å²) >= 11 is 1.78. The summed E-state index contributed by atoms with van der Waals surface area (Å²) in [6.07, 6.45) is 7.65. The van der Waals surface area contributed by atoms with Gasteiger partial charge in [-0.3, -0.25) is 0 Å². The van der Waals surface area contributed by atoms with Crippen LogP contribution in [-0.2, 0) is 4.74 Å². The van der Waals surface area contributed by atoms with Crippen LogP contribution in [-0.4, -0.2) is 36.5 Å². The highest BCUT2D eigenvalue weighted by atomic mass is 32.2. The van der Waals surface area contributed by atoms with Gasteiger partial charge in [-0.2, -0.15) is 4.98 Å². The summed E-state index contributed by atoms with van der Waals surface area (Å²) < 4.78 is 5.31. The Kier molecular flexibility index (Phi) is 5.58. The van der Waals surface area contributed by atoms with Gasteiger partial charge in [-0.15, -0.1) is 11.8 Å². The molecule has 2 aromatic rings. The average molecular weight is 344 g/mol. The molecule has 0 radical (unpaired) electrons. The number of methoxy groups -OCH3 is 1. The molecule has 1 aliphatic carbocycles. The quantitative estimate of drug-likeness (QED) is 0.770. The first-order valence-corrected chi connectivity index (χ1v) is 9.48. The van der Waals surface area contributed by atoms with Crippen molar-refractivity contribution in [1.29, 1.82) is 0 Å². The third kappa shape index (κ3) is 3.65. The van der Waals surface area contributed by atoms with Crippen LogP contribution in [0.4, 0.5) is 17.5 Å². The first-order valence-electron chi connectivity index (χ1n) is 8.26. The van der Waals surface area contributed by atoms with Gasteiger partial charge in [0.15, 0.2) is 0 Å². The second-order valence-electron chi connectivity index (χ2n) is 5.97. The molecule has 5 nitrogen and oxygen atoms in total. The number of nitrogens with two attached hydrogens (primary N) is 1. The largest absolute Gasteiger partial charge is 0.383 e. The standard InChI is InChI=1S/C18H24N4OS/c1-23-11-10-22(17-8-9-20-18(19)21-17)16-7-6-14(24-2)12-15(16)13-4-3-5-13/h6-9,12-13H,3-5,10-11H2,1-2H3,(H2,19,20,21). The minimum absolute atomic E-state index is 0.292. The van der Waals surface area contributed by atoms with E-state index in [9.17, 15) is 0 Å². The number of ether oxygens (including phenoxy) is 1. The molecular formula is C18H24N4OS. The van der Waals surface area contributed by atoms with Gasteiger partial charge in [0.1, 0.15) is 5.82 Å². The van der Waals surface area contributed by atoms with Crippen molar-refractivity contribution in [3.05, 3.63) is 36.0 Å². The molecule has 0 aliphatic heterocycles. The molecule has 1 aliphatic rings. The molecule has 0 unspecified atom stereocenters. The van der Waals surface area contributed by atoms with Gasteiger partial charge in [-0.05, 0) is 54.8 Å². The maximum Gasteiger partial charge on any atom is 0.221 e. The zero-order chi connectivity index (χ0) is 16.9. The number of hydrogen-bond donors (Lipinski definition) is 1. The molecule has 0 spiro atoms. The molecule has 0 bridgehead atoms. The maximum atomic E-state index is 5.80. The van der Waals surface area contributed by atoms with Gasteiger partial charge in [0.2, 0.25) is 5.95 Å². The van der Waals surface area contributed by atoms with Crippen LogP contribution in [0.25, 0.3) is 0 Å². The van der Waals surface area contributed by atoms with E-state index < -0.39 is 0 Å². The Morgan fingerprint density at radius 3 is 2.79 bits per heavy atom. The summed E-state index contributed by atoms with van der Waals surface area (Å²) in [5.74, 6) is 1.74. The summed E-state index contributed by atoms with van der Waals surface area (Å²) in [6.45, 7) is 1.35. The lowest BCUT2D eigenvalue weighted by Crippen LogP contribution is -2.25. The number of nitrogens with zero attached hydrogens (tertiary/aromatic N) is 3. The second kappa shape index (κ2) is 7.85. The zero-order valence-electron chi connectivity index (χ0n) is 14.2. The summed E-state index contributed by atoms with van der Waals surface area (Å²) in [5, 5.41) is 0. The van der Waals surface area contributed by atoms with Crippen molar-refractivity contribution in [2.45, 2.75) is 30.1 Å². The van der Waals surface area contributed by atoms with Crippen LogP contribution < -0.4 is 10.6 Å². The average Bonchev–Trinajstić information content (AvgIpc) is 2.54. The normalized spacial score (nSPS) is 14.4. The van der Waals surface area contributed by atoms with Gasteiger partial charge in [-0.1, -0.05) is 6.42 Å². The zero-order valence-corrected chi connectivity index (χ0v) is 15.1. The molecule has 2 N–H and O–H groups in total. The van der Waals surface area contributed by atoms with E-state index in [1.54, 1.807) is 25.1 Å². The van der Waals surface area contributed by atoms with E-state index >= 15 is 0 Å². The molecule has 1 aromatic carbocycles. The van der Waals surface area contributed by atoms with E-state index in [0.29, 0.717) is 18.5 Å². The Morgan fingerprint density at radius 2 is 2.17 bits per heavy atom. The van der Waals surface area contributed by atoms with Crippen LogP contribution >= 0.6 is 11.8 Å². The van der Waals surface area contributed by atoms with Crippen LogP contribution in [0.2, 0.25) is 0 Å². The van der Waals surface area contributed by atoms with E-state index in [0.717, 1.165) is 12.4 Å². The van der Waals surface area contributed by atoms with Gasteiger partial charge in [-0.25, -0.2) is 4.98 Å². The number of hydrogen-bond acceptors (Lipinski definition) is 6. The Bertz CT molecular complexity index is 690. The summed E-state index contributed by atoms with van der Waals surface area (Å²) in [5.41, 5.74) is 8.41. The van der Waals surface area contributed by atoms with Crippen molar-refractivity contribution in [3.8, 4) is 0 Å². The molecule has 24 heavy (non-hydrogen) atoms. The molecule has 1 heterocycles. The molecule has 3 rings (SSSR count). The summed E-state index contributed by atoms with van der Waals surface area (Å²) in [6, 6.07) is 8.60. The SMILES string of the molecule is COCCN(c1ccnc(N)n1)c1ccc(SC)cc1C1CCC1. The fraction of sp³-hybridized carbons (Fsp3) is 0.444. The maximum absolute atomic E-state index is 5.80. The van der Waals surface area contributed by atoms with Crippen molar-refractivity contribution in [2.24, 2.45) is 0 Å². The van der Waals surface area contributed by atoms with Gasteiger partial charge in [0.25, 0.3) is 0 Å². The highest BCUT2D eigenvalue weighted by Gasteiger charge is 2.25. The number of aromatic nitrogens is 2. The first kappa shape index (κ1) is 17.0. The lowest BCUT2D eigenvalue weighted by atomic mass is 9.79. The first-order chi connectivity index (χ1) is 11.7. The van der Waals surface area contributed by atoms with Crippen LogP contribution in [0.5, 0.6) is 0 Å². The lowest BCUT2D eigenvalue weighted by Gasteiger charge is -2.33. The molecular weight excluding hydrogens is 320 g/mol. The number of rotatable bonds is 7. The van der Waals surface area contributed by atoms with Gasteiger partial charge in [0, 0.05) is 30.4 Å². The molecule has 1 aromatic heterocycles. The molecule has 0 atom stereocenters. The van der Waals surface area contributed by atoms with E-state index in [1.807, 2.05) is 6.07 Å². The van der Waals surface area contributed by atoms with Crippen LogP contribution in [0.3, 0.4) is 0 Å². The van der Waals surface area contributed by atoms with Crippen molar-refractivity contribution < 1.29 is 4.74 Å². The fourth-order valence-electron chi connectivity index (χ4n) is 3.01. The van der Waals surface area contributed by atoms with Crippen molar-refractivity contribution in [1.82, 2.24) is 9.97 Å². The number of anilines is 3.